The van der Waals surface area contributed by atoms with Gasteiger partial charge < -0.3 is 9.47 Å². The molecule has 1 N–H and O–H groups in total. The van der Waals surface area contributed by atoms with Crippen LogP contribution in [0.25, 0.3) is 0 Å². The van der Waals surface area contributed by atoms with Crippen LogP contribution in [-0.4, -0.2) is 35.9 Å². The van der Waals surface area contributed by atoms with E-state index in [4.69, 9.17) is 14.5 Å². The number of ether oxygens (including phenoxy) is 2. The van der Waals surface area contributed by atoms with Crippen LogP contribution in [0.4, 0.5) is 0 Å². The first-order valence-corrected chi connectivity index (χ1v) is 9.30. The summed E-state index contributed by atoms with van der Waals surface area (Å²) in [5.74, 6) is 2.46. The number of aliphatic imine (C=N–C) groups is 1. The fourth-order valence-electron chi connectivity index (χ4n) is 3.13. The normalized spacial score (nSPS) is 23.3. The lowest BCUT2D eigenvalue weighted by atomic mass is 9.96. The van der Waals surface area contributed by atoms with Crippen LogP contribution in [0.1, 0.15) is 37.7 Å². The molecule has 4 rings (SSSR count). The third-order valence-corrected chi connectivity index (χ3v) is 5.27. The van der Waals surface area contributed by atoms with Crippen molar-refractivity contribution in [2.24, 2.45) is 10.1 Å². The third-order valence-electron chi connectivity index (χ3n) is 4.38. The molecule has 2 heterocycles. The number of nitrogens with one attached hydrogen (secondary N) is 1. The Morgan fingerprint density at radius 2 is 1.91 bits per heavy atom. The highest BCUT2D eigenvalue weighted by Gasteiger charge is 2.19. The van der Waals surface area contributed by atoms with Gasteiger partial charge in [-0.15, -0.1) is 0 Å². The zero-order valence-corrected chi connectivity index (χ0v) is 13.9. The van der Waals surface area contributed by atoms with Gasteiger partial charge >= 0.3 is 0 Å². The van der Waals surface area contributed by atoms with Crippen LogP contribution in [0.15, 0.2) is 28.3 Å². The van der Waals surface area contributed by atoms with Crippen molar-refractivity contribution in [3.63, 3.8) is 0 Å². The van der Waals surface area contributed by atoms with E-state index >= 15 is 0 Å². The Bertz CT molecular complexity index is 639. The quantitative estimate of drug-likeness (QED) is 0.904. The van der Waals surface area contributed by atoms with E-state index in [0.717, 1.165) is 33.7 Å². The number of nitrogens with zero attached hydrogens (tertiary/aromatic N) is 2. The topological polar surface area (TPSA) is 55.2 Å². The fourth-order valence-corrected chi connectivity index (χ4v) is 3.97. The van der Waals surface area contributed by atoms with Crippen molar-refractivity contribution in [2.45, 2.75) is 38.1 Å². The van der Waals surface area contributed by atoms with Gasteiger partial charge in [0.15, 0.2) is 16.7 Å². The van der Waals surface area contributed by atoms with Crippen molar-refractivity contribution in [1.29, 1.82) is 0 Å². The molecule has 2 aliphatic heterocycles. The average Bonchev–Trinajstić information content (AvgIpc) is 2.63. The predicted octanol–water partition coefficient (Wildman–Crippen LogP) is 3.19. The number of thioether (sulfide) groups is 1. The molecule has 0 saturated heterocycles. The molecular formula is C17H21N3O2S. The van der Waals surface area contributed by atoms with Crippen LogP contribution < -0.4 is 14.9 Å². The third kappa shape index (κ3) is 3.47. The van der Waals surface area contributed by atoms with Gasteiger partial charge in [0.05, 0.1) is 11.8 Å². The first kappa shape index (κ1) is 14.9. The van der Waals surface area contributed by atoms with E-state index < -0.39 is 0 Å². The monoisotopic (exact) mass is 331 g/mol. The standard InChI is InChI=1S/C17H21N3O2S/c1-2-4-13(5-3-1)18-17-20-19-14(11-23-17)12-6-7-15-16(10-12)22-9-8-21-15/h6-7,10,13H,1-5,8-9,11H2,(H,18,20). The zero-order chi connectivity index (χ0) is 15.5. The minimum atomic E-state index is 0.477. The zero-order valence-electron chi connectivity index (χ0n) is 13.1. The average molecular weight is 331 g/mol. The van der Waals surface area contributed by atoms with E-state index in [9.17, 15) is 0 Å². The number of hydrazone groups is 1. The molecule has 0 bridgehead atoms. The Balaban J connectivity index is 1.46. The van der Waals surface area contributed by atoms with Gasteiger partial charge in [0.2, 0.25) is 0 Å². The maximum atomic E-state index is 5.65. The van der Waals surface area contributed by atoms with Crippen molar-refractivity contribution in [3.8, 4) is 11.5 Å². The fraction of sp³-hybridized carbons (Fsp3) is 0.529. The molecule has 0 unspecified atom stereocenters. The molecule has 0 amide bonds. The van der Waals surface area contributed by atoms with Gasteiger partial charge in [0.1, 0.15) is 13.2 Å². The van der Waals surface area contributed by atoms with Crippen LogP contribution in [0, 0.1) is 0 Å². The summed E-state index contributed by atoms with van der Waals surface area (Å²) >= 11 is 1.73. The summed E-state index contributed by atoms with van der Waals surface area (Å²) in [5, 5.41) is 5.47. The Morgan fingerprint density at radius 3 is 2.70 bits per heavy atom. The Morgan fingerprint density at radius 1 is 1.09 bits per heavy atom. The second-order valence-electron chi connectivity index (χ2n) is 6.04. The Kier molecular flexibility index (Phi) is 4.41. The van der Waals surface area contributed by atoms with Crippen LogP contribution in [-0.2, 0) is 0 Å². The van der Waals surface area contributed by atoms with E-state index in [1.165, 1.54) is 32.1 Å². The number of benzene rings is 1. The Hall–Kier alpha value is -1.69. The smallest absolute Gasteiger partial charge is 0.177 e. The van der Waals surface area contributed by atoms with Gasteiger partial charge in [-0.3, -0.25) is 10.4 Å². The van der Waals surface area contributed by atoms with Gasteiger partial charge in [-0.2, -0.15) is 5.10 Å². The van der Waals surface area contributed by atoms with Crippen molar-refractivity contribution in [3.05, 3.63) is 23.8 Å². The highest BCUT2D eigenvalue weighted by molar-refractivity contribution is 8.14. The largest absolute Gasteiger partial charge is 0.486 e. The number of hydrogen-bond acceptors (Lipinski definition) is 5. The molecule has 1 aromatic carbocycles. The van der Waals surface area contributed by atoms with Gasteiger partial charge in [-0.05, 0) is 31.0 Å². The summed E-state index contributed by atoms with van der Waals surface area (Å²) in [6.07, 6.45) is 6.39. The molecule has 1 aromatic rings. The maximum Gasteiger partial charge on any atom is 0.177 e. The molecule has 3 aliphatic rings. The van der Waals surface area contributed by atoms with Crippen molar-refractivity contribution in [2.75, 3.05) is 19.0 Å². The first-order valence-electron chi connectivity index (χ1n) is 8.32. The minimum Gasteiger partial charge on any atom is -0.486 e. The summed E-state index contributed by atoms with van der Waals surface area (Å²) in [6, 6.07) is 6.49. The predicted molar refractivity (Wildman–Crippen MR) is 93.9 cm³/mol. The number of fused-ring (bicyclic) bond motifs is 1. The van der Waals surface area contributed by atoms with Gasteiger partial charge in [0.25, 0.3) is 0 Å². The second kappa shape index (κ2) is 6.83. The summed E-state index contributed by atoms with van der Waals surface area (Å²) in [4.78, 5) is 4.81. The maximum absolute atomic E-state index is 5.65. The lowest BCUT2D eigenvalue weighted by Gasteiger charge is -2.22. The van der Waals surface area contributed by atoms with E-state index in [-0.39, 0.29) is 0 Å². The SMILES string of the molecule is c1cc2c(cc1C1=NNC(=NC3CCCCC3)SC1)OCCO2. The first-order chi connectivity index (χ1) is 11.4. The Labute approximate surface area is 140 Å². The number of rotatable bonds is 2. The summed E-state index contributed by atoms with van der Waals surface area (Å²) in [5.41, 5.74) is 5.22. The second-order valence-corrected chi connectivity index (χ2v) is 7.01. The van der Waals surface area contributed by atoms with Gasteiger partial charge in [-0.25, -0.2) is 0 Å². The van der Waals surface area contributed by atoms with Crippen molar-refractivity contribution >= 4 is 22.6 Å². The van der Waals surface area contributed by atoms with E-state index in [1.807, 2.05) is 18.2 Å². The van der Waals surface area contributed by atoms with Crippen LogP contribution in [0.3, 0.4) is 0 Å². The van der Waals surface area contributed by atoms with Gasteiger partial charge in [0, 0.05) is 11.3 Å². The molecule has 0 atom stereocenters. The van der Waals surface area contributed by atoms with E-state index in [1.54, 1.807) is 11.8 Å². The summed E-state index contributed by atoms with van der Waals surface area (Å²) in [6.45, 7) is 1.22. The molecule has 0 spiro atoms. The molecule has 6 heteroatoms. The molecule has 1 saturated carbocycles. The highest BCUT2D eigenvalue weighted by atomic mass is 32.2. The van der Waals surface area contributed by atoms with Crippen LogP contribution in [0.2, 0.25) is 0 Å². The number of amidine groups is 1. The minimum absolute atomic E-state index is 0.477. The molecule has 23 heavy (non-hydrogen) atoms. The van der Waals surface area contributed by atoms with Crippen molar-refractivity contribution < 1.29 is 9.47 Å². The molecule has 122 valence electrons. The van der Waals surface area contributed by atoms with E-state index in [0.29, 0.717) is 19.3 Å². The van der Waals surface area contributed by atoms with Crippen LogP contribution in [0.5, 0.6) is 11.5 Å². The molecule has 0 aromatic heterocycles. The lowest BCUT2D eigenvalue weighted by Crippen LogP contribution is -2.27. The molecule has 5 nitrogen and oxygen atoms in total. The summed E-state index contributed by atoms with van der Waals surface area (Å²) in [7, 11) is 0. The highest BCUT2D eigenvalue weighted by Crippen LogP contribution is 2.31. The molecule has 0 radical (unpaired) electrons. The molecule has 1 fully saturated rings. The van der Waals surface area contributed by atoms with Crippen LogP contribution >= 0.6 is 11.8 Å². The number of hydrogen-bond donors (Lipinski definition) is 1. The van der Waals surface area contributed by atoms with E-state index in [2.05, 4.69) is 10.5 Å². The van der Waals surface area contributed by atoms with Crippen molar-refractivity contribution in [1.82, 2.24) is 5.43 Å². The molecular weight excluding hydrogens is 310 g/mol. The van der Waals surface area contributed by atoms with Gasteiger partial charge in [-0.1, -0.05) is 31.0 Å². The lowest BCUT2D eigenvalue weighted by molar-refractivity contribution is 0.171. The molecule has 1 aliphatic carbocycles. The summed E-state index contributed by atoms with van der Waals surface area (Å²) < 4.78 is 11.2.